The summed E-state index contributed by atoms with van der Waals surface area (Å²) in [5, 5.41) is 3.56. The molecule has 0 saturated carbocycles. The van der Waals surface area contributed by atoms with E-state index in [1.807, 2.05) is 0 Å². The van der Waals surface area contributed by atoms with E-state index in [0.717, 1.165) is 26.2 Å². The Bertz CT molecular complexity index is 171. The van der Waals surface area contributed by atoms with Gasteiger partial charge in [0, 0.05) is 19.1 Å². The van der Waals surface area contributed by atoms with Gasteiger partial charge in [-0.05, 0) is 19.4 Å². The van der Waals surface area contributed by atoms with Gasteiger partial charge in [0.25, 0.3) is 0 Å². The van der Waals surface area contributed by atoms with Crippen molar-refractivity contribution in [3.8, 4) is 12.3 Å². The Morgan fingerprint density at radius 2 is 2.46 bits per heavy atom. The fourth-order valence-electron chi connectivity index (χ4n) is 1.89. The summed E-state index contributed by atoms with van der Waals surface area (Å²) in [7, 11) is 0. The molecule has 2 heteroatoms. The van der Waals surface area contributed by atoms with Crippen LogP contribution in [0, 0.1) is 12.3 Å². The molecule has 74 valence electrons. The molecule has 1 fully saturated rings. The van der Waals surface area contributed by atoms with Crippen molar-refractivity contribution in [1.29, 1.82) is 0 Å². The number of terminal acetylenes is 1. The zero-order valence-electron chi connectivity index (χ0n) is 8.55. The lowest BCUT2D eigenvalue weighted by atomic mass is 10.1. The fourth-order valence-corrected chi connectivity index (χ4v) is 1.89. The Labute approximate surface area is 81.7 Å². The predicted octanol–water partition coefficient (Wildman–Crippen LogP) is 1.08. The molecule has 0 radical (unpaired) electrons. The van der Waals surface area contributed by atoms with E-state index in [9.17, 15) is 0 Å². The van der Waals surface area contributed by atoms with E-state index in [4.69, 9.17) is 6.42 Å². The lowest BCUT2D eigenvalue weighted by Gasteiger charge is -2.21. The third kappa shape index (κ3) is 3.80. The molecular weight excluding hydrogens is 160 g/mol. The Hall–Kier alpha value is -0.520. The van der Waals surface area contributed by atoms with Gasteiger partial charge >= 0.3 is 0 Å². The first-order valence-electron chi connectivity index (χ1n) is 5.26. The number of nitrogens with zero attached hydrogens (tertiary/aromatic N) is 1. The molecule has 13 heavy (non-hydrogen) atoms. The van der Waals surface area contributed by atoms with Crippen molar-refractivity contribution in [2.75, 3.05) is 26.2 Å². The molecule has 0 spiro atoms. The van der Waals surface area contributed by atoms with Crippen LogP contribution in [-0.4, -0.2) is 37.1 Å². The molecule has 1 aliphatic rings. The number of hydrogen-bond donors (Lipinski definition) is 1. The molecule has 0 aromatic carbocycles. The van der Waals surface area contributed by atoms with Gasteiger partial charge in [0.15, 0.2) is 0 Å². The highest BCUT2D eigenvalue weighted by Crippen LogP contribution is 2.04. The zero-order chi connectivity index (χ0) is 9.52. The van der Waals surface area contributed by atoms with Crippen LogP contribution in [0.3, 0.4) is 0 Å². The SMILES string of the molecule is C#CCN1CCCNC(CCC)C1. The topological polar surface area (TPSA) is 15.3 Å². The van der Waals surface area contributed by atoms with E-state index in [1.54, 1.807) is 0 Å². The molecule has 1 unspecified atom stereocenters. The third-order valence-corrected chi connectivity index (χ3v) is 2.51. The average Bonchev–Trinajstić information content (AvgIpc) is 2.32. The van der Waals surface area contributed by atoms with Gasteiger partial charge in [-0.15, -0.1) is 6.42 Å². The van der Waals surface area contributed by atoms with Crippen LogP contribution in [0.1, 0.15) is 26.2 Å². The summed E-state index contributed by atoms with van der Waals surface area (Å²) in [5.74, 6) is 2.73. The quantitative estimate of drug-likeness (QED) is 0.654. The van der Waals surface area contributed by atoms with Gasteiger partial charge in [-0.2, -0.15) is 0 Å². The standard InChI is InChI=1S/C11H20N2/c1-3-6-11-10-13(8-4-2)9-5-7-12-11/h2,11-12H,3,5-10H2,1H3. The summed E-state index contributed by atoms with van der Waals surface area (Å²) in [4.78, 5) is 2.38. The molecule has 0 aromatic rings. The lowest BCUT2D eigenvalue weighted by Crippen LogP contribution is -2.37. The largest absolute Gasteiger partial charge is 0.313 e. The maximum Gasteiger partial charge on any atom is 0.0599 e. The van der Waals surface area contributed by atoms with Crippen LogP contribution in [0.15, 0.2) is 0 Å². The van der Waals surface area contributed by atoms with Crippen molar-refractivity contribution in [2.24, 2.45) is 0 Å². The van der Waals surface area contributed by atoms with Crippen LogP contribution in [0.2, 0.25) is 0 Å². The van der Waals surface area contributed by atoms with E-state index in [-0.39, 0.29) is 0 Å². The first kappa shape index (κ1) is 10.6. The van der Waals surface area contributed by atoms with Gasteiger partial charge < -0.3 is 5.32 Å². The minimum Gasteiger partial charge on any atom is -0.313 e. The average molecular weight is 180 g/mol. The van der Waals surface area contributed by atoms with E-state index in [1.165, 1.54) is 19.3 Å². The Morgan fingerprint density at radius 3 is 3.15 bits per heavy atom. The Kier molecular flexibility index (Phi) is 4.88. The van der Waals surface area contributed by atoms with Crippen LogP contribution >= 0.6 is 0 Å². The normalized spacial score (nSPS) is 25.1. The number of nitrogens with one attached hydrogen (secondary N) is 1. The third-order valence-electron chi connectivity index (χ3n) is 2.51. The predicted molar refractivity (Wildman–Crippen MR) is 56.6 cm³/mol. The molecule has 0 bridgehead atoms. The van der Waals surface area contributed by atoms with Crippen LogP contribution in [-0.2, 0) is 0 Å². The van der Waals surface area contributed by atoms with Crippen molar-refractivity contribution in [1.82, 2.24) is 10.2 Å². The van der Waals surface area contributed by atoms with Crippen LogP contribution in [0.5, 0.6) is 0 Å². The molecule has 1 heterocycles. The minimum atomic E-state index is 0.654. The lowest BCUT2D eigenvalue weighted by molar-refractivity contribution is 0.292. The maximum absolute atomic E-state index is 5.32. The van der Waals surface area contributed by atoms with Gasteiger partial charge in [0.2, 0.25) is 0 Å². The molecule has 1 N–H and O–H groups in total. The van der Waals surface area contributed by atoms with Crippen molar-refractivity contribution in [3.05, 3.63) is 0 Å². The Balaban J connectivity index is 2.35. The van der Waals surface area contributed by atoms with E-state index >= 15 is 0 Å². The minimum absolute atomic E-state index is 0.654. The summed E-state index contributed by atoms with van der Waals surface area (Å²) in [5.41, 5.74) is 0. The fraction of sp³-hybridized carbons (Fsp3) is 0.818. The van der Waals surface area contributed by atoms with Crippen molar-refractivity contribution >= 4 is 0 Å². The highest BCUT2D eigenvalue weighted by Gasteiger charge is 2.15. The maximum atomic E-state index is 5.32. The monoisotopic (exact) mass is 180 g/mol. The summed E-state index contributed by atoms with van der Waals surface area (Å²) < 4.78 is 0. The molecule has 2 nitrogen and oxygen atoms in total. The molecule has 1 rings (SSSR count). The molecule has 0 aliphatic carbocycles. The highest BCUT2D eigenvalue weighted by atomic mass is 15.2. The number of rotatable bonds is 3. The van der Waals surface area contributed by atoms with Gasteiger partial charge in [-0.3, -0.25) is 4.90 Å². The van der Waals surface area contributed by atoms with Crippen molar-refractivity contribution < 1.29 is 0 Å². The first-order valence-corrected chi connectivity index (χ1v) is 5.26. The summed E-state index contributed by atoms with van der Waals surface area (Å²) in [6.07, 6.45) is 9.06. The summed E-state index contributed by atoms with van der Waals surface area (Å²) in [6, 6.07) is 0.654. The molecule has 0 aromatic heterocycles. The molecule has 0 amide bonds. The van der Waals surface area contributed by atoms with Crippen LogP contribution in [0.4, 0.5) is 0 Å². The van der Waals surface area contributed by atoms with Crippen LogP contribution < -0.4 is 5.32 Å². The molecular formula is C11H20N2. The van der Waals surface area contributed by atoms with Crippen LogP contribution in [0.25, 0.3) is 0 Å². The second-order valence-electron chi connectivity index (χ2n) is 3.73. The van der Waals surface area contributed by atoms with Crippen molar-refractivity contribution in [2.45, 2.75) is 32.2 Å². The summed E-state index contributed by atoms with van der Waals surface area (Å²) in [6.45, 7) is 6.46. The second-order valence-corrected chi connectivity index (χ2v) is 3.73. The highest BCUT2D eigenvalue weighted by molar-refractivity contribution is 4.90. The zero-order valence-corrected chi connectivity index (χ0v) is 8.55. The van der Waals surface area contributed by atoms with Gasteiger partial charge in [-0.1, -0.05) is 19.3 Å². The first-order chi connectivity index (χ1) is 6.36. The van der Waals surface area contributed by atoms with Gasteiger partial charge in [-0.25, -0.2) is 0 Å². The van der Waals surface area contributed by atoms with Gasteiger partial charge in [0.1, 0.15) is 0 Å². The molecule has 1 saturated heterocycles. The second kappa shape index (κ2) is 6.01. The Morgan fingerprint density at radius 1 is 1.62 bits per heavy atom. The van der Waals surface area contributed by atoms with Crippen molar-refractivity contribution in [3.63, 3.8) is 0 Å². The smallest absolute Gasteiger partial charge is 0.0599 e. The van der Waals surface area contributed by atoms with Gasteiger partial charge in [0.05, 0.1) is 6.54 Å². The van der Waals surface area contributed by atoms with E-state index < -0.39 is 0 Å². The summed E-state index contributed by atoms with van der Waals surface area (Å²) >= 11 is 0. The molecule has 1 atom stereocenters. The molecule has 1 aliphatic heterocycles. The van der Waals surface area contributed by atoms with E-state index in [0.29, 0.717) is 6.04 Å². The van der Waals surface area contributed by atoms with E-state index in [2.05, 4.69) is 23.1 Å². The number of hydrogen-bond acceptors (Lipinski definition) is 2.